The Kier molecular flexibility index (Phi) is 5.36. The largest absolute Gasteiger partial charge is 0.324 e. The van der Waals surface area contributed by atoms with E-state index in [0.717, 1.165) is 18.4 Å². The quantitative estimate of drug-likeness (QED) is 0.869. The summed E-state index contributed by atoms with van der Waals surface area (Å²) in [6, 6.07) is 14.6. The van der Waals surface area contributed by atoms with Crippen molar-refractivity contribution in [3.63, 3.8) is 0 Å². The van der Waals surface area contributed by atoms with Crippen LogP contribution in [0.2, 0.25) is 0 Å². The second-order valence-electron chi connectivity index (χ2n) is 7.19. The summed E-state index contributed by atoms with van der Waals surface area (Å²) in [4.78, 5) is 27.2. The Morgan fingerprint density at radius 2 is 1.93 bits per heavy atom. The Morgan fingerprint density at radius 3 is 2.71 bits per heavy atom. The highest BCUT2D eigenvalue weighted by molar-refractivity contribution is 7.99. The predicted molar refractivity (Wildman–Crippen MR) is 110 cm³/mol. The molecule has 2 aromatic carbocycles. The van der Waals surface area contributed by atoms with Crippen LogP contribution in [0.1, 0.15) is 28.7 Å². The summed E-state index contributed by atoms with van der Waals surface area (Å²) in [6.45, 7) is 0. The zero-order chi connectivity index (χ0) is 19.5. The number of nitrogens with zero attached hydrogens (tertiary/aromatic N) is 2. The van der Waals surface area contributed by atoms with Crippen molar-refractivity contribution in [3.8, 4) is 6.07 Å². The van der Waals surface area contributed by atoms with Crippen LogP contribution in [-0.2, 0) is 28.9 Å². The Morgan fingerprint density at radius 1 is 1.14 bits per heavy atom. The third-order valence-electron chi connectivity index (χ3n) is 5.31. The van der Waals surface area contributed by atoms with Crippen LogP contribution in [-0.4, -0.2) is 34.4 Å². The van der Waals surface area contributed by atoms with E-state index in [-0.39, 0.29) is 11.8 Å². The van der Waals surface area contributed by atoms with E-state index in [0.29, 0.717) is 29.3 Å². The molecule has 0 bridgehead atoms. The van der Waals surface area contributed by atoms with E-state index in [1.807, 2.05) is 6.07 Å². The van der Waals surface area contributed by atoms with Gasteiger partial charge in [0.1, 0.15) is 6.04 Å². The van der Waals surface area contributed by atoms with Gasteiger partial charge in [0.15, 0.2) is 0 Å². The lowest BCUT2D eigenvalue weighted by Crippen LogP contribution is -2.45. The van der Waals surface area contributed by atoms with Crippen LogP contribution < -0.4 is 5.32 Å². The van der Waals surface area contributed by atoms with E-state index in [9.17, 15) is 9.59 Å². The van der Waals surface area contributed by atoms with E-state index < -0.39 is 6.04 Å². The summed E-state index contributed by atoms with van der Waals surface area (Å²) in [5, 5.41) is 11.7. The fraction of sp³-hybridized carbons (Fsp3) is 0.318. The molecule has 0 spiro atoms. The zero-order valence-electron chi connectivity index (χ0n) is 15.5. The van der Waals surface area contributed by atoms with Gasteiger partial charge in [-0.1, -0.05) is 18.2 Å². The molecule has 2 aromatic rings. The number of rotatable bonds is 4. The molecular weight excluding hydrogens is 370 g/mol. The number of benzene rings is 2. The Bertz CT molecular complexity index is 949. The van der Waals surface area contributed by atoms with E-state index in [4.69, 9.17) is 5.26 Å². The lowest BCUT2D eigenvalue weighted by atomic mass is 10.0. The van der Waals surface area contributed by atoms with Crippen molar-refractivity contribution in [1.82, 2.24) is 4.90 Å². The van der Waals surface area contributed by atoms with Crippen LogP contribution >= 0.6 is 11.8 Å². The van der Waals surface area contributed by atoms with Gasteiger partial charge in [0.25, 0.3) is 0 Å². The van der Waals surface area contributed by atoms with Gasteiger partial charge >= 0.3 is 0 Å². The van der Waals surface area contributed by atoms with Crippen LogP contribution in [0.4, 0.5) is 5.69 Å². The number of carbonyl (C=O) groups excluding carboxylic acids is 2. The standard InChI is InChI=1S/C22H21N3O2S/c23-12-15-5-8-19(9-6-15)24-22(27)20-13-28-14-25(20)21(26)11-16-4-7-17-2-1-3-18(17)10-16/h4-10,20H,1-3,11,13-14H2,(H,24,27). The first kappa shape index (κ1) is 18.6. The Balaban J connectivity index is 1.41. The van der Waals surface area contributed by atoms with Gasteiger partial charge in [0.05, 0.1) is 23.9 Å². The van der Waals surface area contributed by atoms with E-state index in [2.05, 4.69) is 23.5 Å². The smallest absolute Gasteiger partial charge is 0.248 e. The SMILES string of the molecule is N#Cc1ccc(NC(=O)C2CSCN2C(=O)Cc2ccc3c(c2)CCC3)cc1. The number of aryl methyl sites for hydroxylation is 2. The number of nitriles is 1. The average molecular weight is 391 g/mol. The lowest BCUT2D eigenvalue weighted by Gasteiger charge is -2.23. The van der Waals surface area contributed by atoms with Gasteiger partial charge in [-0.15, -0.1) is 11.8 Å². The number of nitrogens with one attached hydrogen (secondary N) is 1. The van der Waals surface area contributed by atoms with Gasteiger partial charge in [0.2, 0.25) is 11.8 Å². The number of thioether (sulfide) groups is 1. The van der Waals surface area contributed by atoms with E-state index >= 15 is 0 Å². The third-order valence-corrected chi connectivity index (χ3v) is 6.32. The summed E-state index contributed by atoms with van der Waals surface area (Å²) >= 11 is 1.60. The summed E-state index contributed by atoms with van der Waals surface area (Å²) in [5.74, 6) is 0.938. The molecule has 1 saturated heterocycles. The molecule has 6 heteroatoms. The number of anilines is 1. The summed E-state index contributed by atoms with van der Waals surface area (Å²) in [7, 11) is 0. The van der Waals surface area contributed by atoms with E-state index in [1.54, 1.807) is 40.9 Å². The maximum Gasteiger partial charge on any atom is 0.248 e. The molecule has 28 heavy (non-hydrogen) atoms. The van der Waals surface area contributed by atoms with Crippen LogP contribution in [0.3, 0.4) is 0 Å². The van der Waals surface area contributed by atoms with Crippen LogP contribution in [0.5, 0.6) is 0 Å². The van der Waals surface area contributed by atoms with Gasteiger partial charge in [-0.3, -0.25) is 9.59 Å². The molecule has 0 aromatic heterocycles. The molecule has 4 rings (SSSR count). The molecule has 1 atom stereocenters. The lowest BCUT2D eigenvalue weighted by molar-refractivity contribution is -0.135. The van der Waals surface area contributed by atoms with Crippen molar-refractivity contribution >= 4 is 29.3 Å². The number of carbonyl (C=O) groups is 2. The Labute approximate surface area is 168 Å². The molecule has 1 fully saturated rings. The van der Waals surface area contributed by atoms with Crippen molar-refractivity contribution in [1.29, 1.82) is 5.26 Å². The summed E-state index contributed by atoms with van der Waals surface area (Å²) in [5.41, 5.74) is 4.95. The minimum Gasteiger partial charge on any atom is -0.324 e. The molecule has 0 saturated carbocycles. The van der Waals surface area contributed by atoms with Gasteiger partial charge in [-0.2, -0.15) is 5.26 Å². The second kappa shape index (κ2) is 8.07. The highest BCUT2D eigenvalue weighted by Gasteiger charge is 2.34. The number of hydrogen-bond donors (Lipinski definition) is 1. The molecule has 1 N–H and O–H groups in total. The summed E-state index contributed by atoms with van der Waals surface area (Å²) in [6.07, 6.45) is 3.73. The fourth-order valence-corrected chi connectivity index (χ4v) is 4.95. The number of fused-ring (bicyclic) bond motifs is 1. The summed E-state index contributed by atoms with van der Waals surface area (Å²) < 4.78 is 0. The monoisotopic (exact) mass is 391 g/mol. The number of amides is 2. The van der Waals surface area contributed by atoms with Crippen LogP contribution in [0.15, 0.2) is 42.5 Å². The maximum absolute atomic E-state index is 12.9. The molecule has 1 aliphatic heterocycles. The zero-order valence-corrected chi connectivity index (χ0v) is 16.3. The van der Waals surface area contributed by atoms with Gasteiger partial charge in [0, 0.05) is 11.4 Å². The first-order chi connectivity index (χ1) is 13.6. The minimum absolute atomic E-state index is 0.0112. The van der Waals surface area contributed by atoms with Gasteiger partial charge < -0.3 is 10.2 Å². The molecule has 2 aliphatic rings. The average Bonchev–Trinajstić information content (AvgIpc) is 3.37. The maximum atomic E-state index is 12.9. The van der Waals surface area contributed by atoms with Crippen molar-refractivity contribution in [2.24, 2.45) is 0 Å². The fourth-order valence-electron chi connectivity index (χ4n) is 3.77. The predicted octanol–water partition coefficient (Wildman–Crippen LogP) is 3.13. The van der Waals surface area contributed by atoms with Gasteiger partial charge in [-0.05, 0) is 60.2 Å². The van der Waals surface area contributed by atoms with Crippen molar-refractivity contribution in [2.45, 2.75) is 31.7 Å². The van der Waals surface area contributed by atoms with Crippen molar-refractivity contribution < 1.29 is 9.59 Å². The molecule has 1 unspecified atom stereocenters. The molecule has 1 heterocycles. The Hall–Kier alpha value is -2.78. The molecule has 2 amide bonds. The molecule has 1 aliphatic carbocycles. The highest BCUT2D eigenvalue weighted by atomic mass is 32.2. The normalized spacial score (nSPS) is 17.8. The third kappa shape index (κ3) is 3.90. The molecule has 0 radical (unpaired) electrons. The second-order valence-corrected chi connectivity index (χ2v) is 8.19. The van der Waals surface area contributed by atoms with Crippen LogP contribution in [0.25, 0.3) is 0 Å². The highest BCUT2D eigenvalue weighted by Crippen LogP contribution is 2.26. The first-order valence-corrected chi connectivity index (χ1v) is 10.6. The number of hydrogen-bond acceptors (Lipinski definition) is 4. The van der Waals surface area contributed by atoms with Gasteiger partial charge in [-0.25, -0.2) is 0 Å². The van der Waals surface area contributed by atoms with Crippen molar-refractivity contribution in [2.75, 3.05) is 16.9 Å². The first-order valence-electron chi connectivity index (χ1n) is 9.43. The van der Waals surface area contributed by atoms with Crippen LogP contribution in [0, 0.1) is 11.3 Å². The minimum atomic E-state index is -0.470. The topological polar surface area (TPSA) is 73.2 Å². The van der Waals surface area contributed by atoms with Crippen molar-refractivity contribution in [3.05, 3.63) is 64.7 Å². The van der Waals surface area contributed by atoms with E-state index in [1.165, 1.54) is 17.5 Å². The molecular formula is C22H21N3O2S. The molecule has 5 nitrogen and oxygen atoms in total. The molecule has 142 valence electrons.